The molecule has 2 atom stereocenters. The summed E-state index contributed by atoms with van der Waals surface area (Å²) in [5.41, 5.74) is 3.71. The number of hydrogen-bond donors (Lipinski definition) is 1. The number of pyridine rings is 1. The molecule has 1 saturated carbocycles. The van der Waals surface area contributed by atoms with Crippen molar-refractivity contribution in [3.8, 4) is 0 Å². The van der Waals surface area contributed by atoms with Crippen LogP contribution in [0.2, 0.25) is 5.02 Å². The van der Waals surface area contributed by atoms with E-state index in [-0.39, 0.29) is 24.0 Å². The lowest BCUT2D eigenvalue weighted by atomic mass is 9.94. The molecule has 1 aliphatic heterocycles. The lowest BCUT2D eigenvalue weighted by Gasteiger charge is -2.44. The number of halogens is 2. The first kappa shape index (κ1) is 30.1. The third kappa shape index (κ3) is 6.47. The molecule has 9 nitrogen and oxygen atoms in total. The second-order valence-corrected chi connectivity index (χ2v) is 14.2. The Morgan fingerprint density at radius 3 is 2.67 bits per heavy atom. The van der Waals surface area contributed by atoms with Gasteiger partial charge in [0, 0.05) is 59.8 Å². The molecule has 2 amide bonds. The number of carbonyl (C=O) groups excluding carboxylic acids is 2. The monoisotopic (exact) mass is 668 g/mol. The van der Waals surface area contributed by atoms with Gasteiger partial charge in [0.25, 0.3) is 0 Å². The summed E-state index contributed by atoms with van der Waals surface area (Å²) < 4.78 is 8.79. The average molecular weight is 670 g/mol. The molecule has 3 aromatic rings. The Morgan fingerprint density at radius 2 is 1.95 bits per heavy atom. The Bertz CT molecular complexity index is 1450. The topological polar surface area (TPSA) is 92.6 Å². The van der Waals surface area contributed by atoms with E-state index in [0.29, 0.717) is 24.7 Å². The molecule has 11 heteroatoms. The minimum atomic E-state index is -0.631. The molecule has 1 saturated heterocycles. The lowest BCUT2D eigenvalue weighted by molar-refractivity contribution is -0.129. The highest BCUT2D eigenvalue weighted by Crippen LogP contribution is 2.46. The van der Waals surface area contributed by atoms with Crippen molar-refractivity contribution in [3.05, 3.63) is 81.1 Å². The van der Waals surface area contributed by atoms with Crippen LogP contribution in [0.1, 0.15) is 68.5 Å². The van der Waals surface area contributed by atoms with E-state index in [0.717, 1.165) is 59.0 Å². The molecule has 2 aromatic heterocycles. The van der Waals surface area contributed by atoms with E-state index < -0.39 is 17.7 Å². The molecule has 1 aromatic carbocycles. The number of hydrogen-bond acceptors (Lipinski definition) is 6. The van der Waals surface area contributed by atoms with Crippen LogP contribution in [-0.2, 0) is 27.9 Å². The van der Waals surface area contributed by atoms with Crippen LogP contribution in [0.15, 0.2) is 53.7 Å². The van der Waals surface area contributed by atoms with Gasteiger partial charge >= 0.3 is 6.09 Å². The van der Waals surface area contributed by atoms with Gasteiger partial charge in [-0.2, -0.15) is 0 Å². The molecule has 0 radical (unpaired) electrons. The molecule has 2 aliphatic carbocycles. The summed E-state index contributed by atoms with van der Waals surface area (Å²) >= 11 is 10.1. The predicted molar refractivity (Wildman–Crippen MR) is 168 cm³/mol. The second-order valence-electron chi connectivity index (χ2n) is 12.9. The summed E-state index contributed by atoms with van der Waals surface area (Å²) in [6.45, 7) is 7.24. The van der Waals surface area contributed by atoms with Crippen LogP contribution in [0.4, 0.5) is 4.79 Å². The molecule has 1 unspecified atom stereocenters. The number of fused-ring (bicyclic) bond motifs is 2. The fourth-order valence-corrected chi connectivity index (χ4v) is 7.01. The molecular formula is C32H38BrClN6O3. The van der Waals surface area contributed by atoms with Gasteiger partial charge in [0.05, 0.1) is 18.1 Å². The summed E-state index contributed by atoms with van der Waals surface area (Å²) in [4.78, 5) is 40.3. The summed E-state index contributed by atoms with van der Waals surface area (Å²) in [6, 6.07) is 7.26. The Morgan fingerprint density at radius 1 is 1.16 bits per heavy atom. The van der Waals surface area contributed by atoms with E-state index in [1.807, 2.05) is 51.6 Å². The van der Waals surface area contributed by atoms with Crippen molar-refractivity contribution in [2.24, 2.45) is 0 Å². The lowest BCUT2D eigenvalue weighted by Crippen LogP contribution is -2.61. The zero-order valence-corrected chi connectivity index (χ0v) is 27.2. The number of ether oxygens (including phenoxy) is 1. The van der Waals surface area contributed by atoms with Crippen molar-refractivity contribution in [1.82, 2.24) is 29.7 Å². The van der Waals surface area contributed by atoms with Gasteiger partial charge in [-0.15, -0.1) is 0 Å². The summed E-state index contributed by atoms with van der Waals surface area (Å²) in [5.74, 6) is -0.104. The molecule has 228 valence electrons. The van der Waals surface area contributed by atoms with Gasteiger partial charge in [0.15, 0.2) is 0 Å². The Balaban J connectivity index is 1.31. The van der Waals surface area contributed by atoms with Gasteiger partial charge < -0.3 is 19.5 Å². The van der Waals surface area contributed by atoms with E-state index in [4.69, 9.17) is 21.3 Å². The predicted octanol–water partition coefficient (Wildman–Crippen LogP) is 5.50. The number of imidazole rings is 1. The van der Waals surface area contributed by atoms with Gasteiger partial charge in [-0.25, -0.2) is 9.78 Å². The summed E-state index contributed by atoms with van der Waals surface area (Å²) in [6.07, 6.45) is 11.7. The number of aromatic nitrogens is 3. The largest absolute Gasteiger partial charge is 0.444 e. The number of rotatable bonds is 6. The maximum absolute atomic E-state index is 14.1. The maximum atomic E-state index is 14.1. The number of amides is 2. The van der Waals surface area contributed by atoms with Crippen LogP contribution in [-0.4, -0.2) is 74.2 Å². The highest BCUT2D eigenvalue weighted by molar-refractivity contribution is 9.10. The Kier molecular flexibility index (Phi) is 8.30. The van der Waals surface area contributed by atoms with Gasteiger partial charge in [-0.1, -0.05) is 17.7 Å². The normalized spacial score (nSPS) is 21.4. The fourth-order valence-electron chi connectivity index (χ4n) is 6.44. The number of nitrogens with zero attached hydrogens (tertiary/aromatic N) is 5. The number of nitrogens with one attached hydrogen (secondary N) is 1. The smallest absolute Gasteiger partial charge is 0.410 e. The van der Waals surface area contributed by atoms with Crippen molar-refractivity contribution in [1.29, 1.82) is 0 Å². The van der Waals surface area contributed by atoms with Crippen LogP contribution >= 0.6 is 27.5 Å². The Hall–Kier alpha value is -2.95. The second kappa shape index (κ2) is 11.9. The van der Waals surface area contributed by atoms with Crippen molar-refractivity contribution >= 4 is 39.5 Å². The zero-order chi connectivity index (χ0) is 30.4. The molecule has 1 N–H and O–H groups in total. The number of carbonyl (C=O) groups is 2. The molecule has 43 heavy (non-hydrogen) atoms. The van der Waals surface area contributed by atoms with Crippen molar-refractivity contribution < 1.29 is 14.3 Å². The van der Waals surface area contributed by atoms with E-state index in [2.05, 4.69) is 47.8 Å². The van der Waals surface area contributed by atoms with E-state index >= 15 is 0 Å². The van der Waals surface area contributed by atoms with Crippen molar-refractivity contribution in [2.45, 2.75) is 76.1 Å². The van der Waals surface area contributed by atoms with Gasteiger partial charge in [-0.3, -0.25) is 14.7 Å². The van der Waals surface area contributed by atoms with Crippen LogP contribution in [0.25, 0.3) is 0 Å². The molecule has 3 aliphatic rings. The van der Waals surface area contributed by atoms with E-state index in [9.17, 15) is 9.59 Å². The summed E-state index contributed by atoms with van der Waals surface area (Å²) in [5, 5.41) is 3.92. The highest BCUT2D eigenvalue weighted by Gasteiger charge is 2.45. The molecule has 2 fully saturated rings. The van der Waals surface area contributed by atoms with Crippen LogP contribution in [0.3, 0.4) is 0 Å². The first-order valence-electron chi connectivity index (χ1n) is 15.0. The minimum Gasteiger partial charge on any atom is -0.444 e. The first-order valence-corrected chi connectivity index (χ1v) is 16.1. The van der Waals surface area contributed by atoms with Gasteiger partial charge in [0.1, 0.15) is 11.6 Å². The molecule has 6 rings (SSSR count). The van der Waals surface area contributed by atoms with Gasteiger partial charge in [-0.05, 0) is 104 Å². The summed E-state index contributed by atoms with van der Waals surface area (Å²) in [7, 11) is 0. The van der Waals surface area contributed by atoms with E-state index in [1.165, 1.54) is 0 Å². The number of aryl methyl sites for hydroxylation is 2. The SMILES string of the molecule is CC(C)(C)OC(=O)N1CCN([C@H]2c3ccc(Cl)cc3CCc3cc(Br)cnc32)C(C(=O)NCCC2(n3ccnc3)CC2)C1. The molecule has 0 spiro atoms. The van der Waals surface area contributed by atoms with Gasteiger partial charge in [0.2, 0.25) is 5.91 Å². The third-order valence-corrected chi connectivity index (χ3v) is 9.44. The number of benzene rings is 1. The third-order valence-electron chi connectivity index (χ3n) is 8.77. The molecule has 0 bridgehead atoms. The van der Waals surface area contributed by atoms with Crippen molar-refractivity contribution in [3.63, 3.8) is 0 Å². The quantitative estimate of drug-likeness (QED) is 0.373. The first-order chi connectivity index (χ1) is 20.5. The average Bonchev–Trinajstić information content (AvgIpc) is 3.57. The maximum Gasteiger partial charge on any atom is 0.410 e. The van der Waals surface area contributed by atoms with Crippen LogP contribution < -0.4 is 5.32 Å². The van der Waals surface area contributed by atoms with Crippen LogP contribution in [0.5, 0.6) is 0 Å². The number of piperazine rings is 1. The standard InChI is InChI=1S/C32H38BrClN6O3/c1-31(2,3)43-30(42)38-14-15-40(26(19-38)29(41)36-11-10-32(8-9-32)39-13-12-35-20-39)28-25-7-6-24(34)17-21(25)4-5-22-16-23(33)18-37-27(22)28/h6-7,12-13,16-18,20,26,28H,4-5,8-11,14-15,19H2,1-3H3,(H,36,41)/t26?,28-/m0/s1. The van der Waals surface area contributed by atoms with E-state index in [1.54, 1.807) is 11.1 Å². The van der Waals surface area contributed by atoms with Crippen molar-refractivity contribution in [2.75, 3.05) is 26.2 Å². The highest BCUT2D eigenvalue weighted by atomic mass is 79.9. The fraction of sp³-hybridized carbons (Fsp3) is 0.500. The van der Waals surface area contributed by atoms with Crippen LogP contribution in [0, 0.1) is 0 Å². The Labute approximate surface area is 266 Å². The zero-order valence-electron chi connectivity index (χ0n) is 24.9. The minimum absolute atomic E-state index is 0.0221. The molecule has 3 heterocycles. The molecular weight excluding hydrogens is 632 g/mol.